The Hall–Kier alpha value is -1.87. The van der Waals surface area contributed by atoms with Gasteiger partial charge in [-0.15, -0.1) is 0 Å². The molecule has 2 aromatic rings. The van der Waals surface area contributed by atoms with E-state index in [2.05, 4.69) is 60.3 Å². The Morgan fingerprint density at radius 1 is 1.10 bits per heavy atom. The average molecular weight is 268 g/mol. The third-order valence-corrected chi connectivity index (χ3v) is 4.04. The number of nitrogens with one attached hydrogen (secondary N) is 1. The minimum absolute atomic E-state index is 1.07. The fourth-order valence-electron chi connectivity index (χ4n) is 2.72. The summed E-state index contributed by atoms with van der Waals surface area (Å²) in [6.07, 6.45) is 1.93. The molecule has 20 heavy (non-hydrogen) atoms. The Kier molecular flexibility index (Phi) is 3.70. The fourth-order valence-corrected chi connectivity index (χ4v) is 2.72. The Balaban J connectivity index is 1.86. The zero-order valence-electron chi connectivity index (χ0n) is 12.3. The Labute approximate surface area is 120 Å². The number of piperazine rings is 1. The number of pyridine rings is 1. The van der Waals surface area contributed by atoms with Gasteiger partial charge < -0.3 is 9.80 Å². The summed E-state index contributed by atoms with van der Waals surface area (Å²) in [5.74, 6) is 0. The van der Waals surface area contributed by atoms with Gasteiger partial charge >= 0.3 is 0 Å². The van der Waals surface area contributed by atoms with Crippen LogP contribution in [0.3, 0.4) is 0 Å². The second-order valence-electron chi connectivity index (χ2n) is 5.71. The minimum atomic E-state index is 1.07. The lowest BCUT2D eigenvalue weighted by Gasteiger charge is -2.31. The SMILES string of the molecule is Cc1cccc(-c2cc(N3CC[NH+](C)CC3)ccn2)c1. The monoisotopic (exact) mass is 268 g/mol. The van der Waals surface area contributed by atoms with Crippen molar-refractivity contribution >= 4 is 5.69 Å². The number of anilines is 1. The molecule has 1 N–H and O–H groups in total. The van der Waals surface area contributed by atoms with Gasteiger partial charge in [-0.05, 0) is 25.1 Å². The predicted molar refractivity (Wildman–Crippen MR) is 83.2 cm³/mol. The molecule has 104 valence electrons. The van der Waals surface area contributed by atoms with Crippen LogP contribution in [0.15, 0.2) is 42.6 Å². The van der Waals surface area contributed by atoms with Gasteiger partial charge in [0.15, 0.2) is 0 Å². The molecular weight excluding hydrogens is 246 g/mol. The molecule has 1 aliphatic rings. The maximum atomic E-state index is 4.53. The molecule has 0 saturated carbocycles. The van der Waals surface area contributed by atoms with E-state index < -0.39 is 0 Å². The standard InChI is InChI=1S/C17H21N3/c1-14-4-3-5-15(12-14)17-13-16(6-7-18-17)20-10-8-19(2)9-11-20/h3-7,12-13H,8-11H2,1-2H3/p+1. The molecule has 0 radical (unpaired) electrons. The molecule has 1 aromatic heterocycles. The van der Waals surface area contributed by atoms with E-state index in [0.29, 0.717) is 0 Å². The molecule has 0 atom stereocenters. The smallest absolute Gasteiger partial charge is 0.0947 e. The number of aryl methyl sites for hydroxylation is 1. The zero-order valence-corrected chi connectivity index (χ0v) is 12.3. The summed E-state index contributed by atoms with van der Waals surface area (Å²) in [5.41, 5.74) is 4.84. The Morgan fingerprint density at radius 3 is 2.65 bits per heavy atom. The predicted octanol–water partition coefficient (Wildman–Crippen LogP) is 1.39. The molecule has 0 amide bonds. The molecule has 0 aliphatic carbocycles. The van der Waals surface area contributed by atoms with Gasteiger partial charge in [-0.25, -0.2) is 0 Å². The summed E-state index contributed by atoms with van der Waals surface area (Å²) in [7, 11) is 2.27. The van der Waals surface area contributed by atoms with Gasteiger partial charge in [0.2, 0.25) is 0 Å². The van der Waals surface area contributed by atoms with E-state index in [1.54, 1.807) is 4.90 Å². The van der Waals surface area contributed by atoms with Crippen LogP contribution in [0.5, 0.6) is 0 Å². The topological polar surface area (TPSA) is 20.6 Å². The highest BCUT2D eigenvalue weighted by Crippen LogP contribution is 2.23. The molecule has 0 unspecified atom stereocenters. The molecule has 1 aromatic carbocycles. The molecule has 1 saturated heterocycles. The van der Waals surface area contributed by atoms with Crippen LogP contribution in [0, 0.1) is 6.92 Å². The van der Waals surface area contributed by atoms with Crippen molar-refractivity contribution in [1.29, 1.82) is 0 Å². The zero-order chi connectivity index (χ0) is 13.9. The number of benzene rings is 1. The highest BCUT2D eigenvalue weighted by atomic mass is 15.2. The van der Waals surface area contributed by atoms with Crippen molar-refractivity contribution in [3.8, 4) is 11.3 Å². The first-order valence-electron chi connectivity index (χ1n) is 7.32. The van der Waals surface area contributed by atoms with Gasteiger partial charge in [0.1, 0.15) is 0 Å². The van der Waals surface area contributed by atoms with Crippen molar-refractivity contribution in [3.05, 3.63) is 48.2 Å². The number of likely N-dealkylation sites (N-methyl/N-ethyl adjacent to an activating group) is 1. The molecular formula is C17H22N3+. The van der Waals surface area contributed by atoms with Crippen LogP contribution in [0.2, 0.25) is 0 Å². The lowest BCUT2D eigenvalue weighted by molar-refractivity contribution is -0.880. The van der Waals surface area contributed by atoms with Gasteiger partial charge in [0.05, 0.1) is 38.9 Å². The van der Waals surface area contributed by atoms with Gasteiger partial charge in [-0.3, -0.25) is 4.98 Å². The molecule has 0 spiro atoms. The largest absolute Gasteiger partial charge is 0.360 e. The second kappa shape index (κ2) is 5.63. The van der Waals surface area contributed by atoms with Crippen LogP contribution in [0.1, 0.15) is 5.56 Å². The van der Waals surface area contributed by atoms with Gasteiger partial charge in [0, 0.05) is 17.4 Å². The quantitative estimate of drug-likeness (QED) is 0.888. The number of quaternary nitrogens is 1. The number of hydrogen-bond donors (Lipinski definition) is 1. The van der Waals surface area contributed by atoms with E-state index in [0.717, 1.165) is 18.8 Å². The maximum absolute atomic E-state index is 4.53. The van der Waals surface area contributed by atoms with Crippen LogP contribution < -0.4 is 9.80 Å². The van der Waals surface area contributed by atoms with Crippen molar-refractivity contribution in [3.63, 3.8) is 0 Å². The maximum Gasteiger partial charge on any atom is 0.0947 e. The van der Waals surface area contributed by atoms with Crippen LogP contribution in [0.25, 0.3) is 11.3 Å². The van der Waals surface area contributed by atoms with E-state index in [-0.39, 0.29) is 0 Å². The minimum Gasteiger partial charge on any atom is -0.360 e. The molecule has 3 heteroatoms. The van der Waals surface area contributed by atoms with E-state index in [4.69, 9.17) is 0 Å². The highest BCUT2D eigenvalue weighted by molar-refractivity contribution is 5.65. The van der Waals surface area contributed by atoms with Crippen LogP contribution in [-0.2, 0) is 0 Å². The number of aromatic nitrogens is 1. The third kappa shape index (κ3) is 2.83. The Morgan fingerprint density at radius 2 is 1.90 bits per heavy atom. The van der Waals surface area contributed by atoms with Crippen molar-refractivity contribution < 1.29 is 4.90 Å². The average Bonchev–Trinajstić information content (AvgIpc) is 2.48. The van der Waals surface area contributed by atoms with Gasteiger partial charge in [-0.1, -0.05) is 23.8 Å². The van der Waals surface area contributed by atoms with Crippen LogP contribution in [0.4, 0.5) is 5.69 Å². The molecule has 0 bridgehead atoms. The fraction of sp³-hybridized carbons (Fsp3) is 0.353. The lowest BCUT2D eigenvalue weighted by atomic mass is 10.1. The van der Waals surface area contributed by atoms with Crippen molar-refractivity contribution in [1.82, 2.24) is 4.98 Å². The summed E-state index contributed by atoms with van der Waals surface area (Å²) in [6, 6.07) is 12.9. The summed E-state index contributed by atoms with van der Waals surface area (Å²) in [6.45, 7) is 6.80. The van der Waals surface area contributed by atoms with E-state index >= 15 is 0 Å². The normalized spacial score (nSPS) is 16.4. The number of rotatable bonds is 2. The van der Waals surface area contributed by atoms with Crippen LogP contribution >= 0.6 is 0 Å². The van der Waals surface area contributed by atoms with Crippen molar-refractivity contribution in [2.24, 2.45) is 0 Å². The highest BCUT2D eigenvalue weighted by Gasteiger charge is 2.17. The van der Waals surface area contributed by atoms with Crippen molar-refractivity contribution in [2.75, 3.05) is 38.1 Å². The summed E-state index contributed by atoms with van der Waals surface area (Å²) < 4.78 is 0. The van der Waals surface area contributed by atoms with Crippen molar-refractivity contribution in [2.45, 2.75) is 6.92 Å². The first-order chi connectivity index (χ1) is 9.72. The first-order valence-corrected chi connectivity index (χ1v) is 7.32. The number of nitrogens with zero attached hydrogens (tertiary/aromatic N) is 2. The lowest BCUT2D eigenvalue weighted by Crippen LogP contribution is -3.12. The molecule has 1 aliphatic heterocycles. The summed E-state index contributed by atoms with van der Waals surface area (Å²) in [4.78, 5) is 8.61. The third-order valence-electron chi connectivity index (χ3n) is 4.04. The van der Waals surface area contributed by atoms with E-state index in [9.17, 15) is 0 Å². The summed E-state index contributed by atoms with van der Waals surface area (Å²) >= 11 is 0. The molecule has 2 heterocycles. The molecule has 1 fully saturated rings. The Bertz CT molecular complexity index is 586. The van der Waals surface area contributed by atoms with Crippen LogP contribution in [-0.4, -0.2) is 38.2 Å². The van der Waals surface area contributed by atoms with E-state index in [1.807, 2.05) is 6.20 Å². The van der Waals surface area contributed by atoms with E-state index in [1.165, 1.54) is 29.9 Å². The first kappa shape index (κ1) is 13.1. The summed E-state index contributed by atoms with van der Waals surface area (Å²) in [5, 5.41) is 0. The second-order valence-corrected chi connectivity index (χ2v) is 5.71. The van der Waals surface area contributed by atoms with Gasteiger partial charge in [0.25, 0.3) is 0 Å². The molecule has 3 nitrogen and oxygen atoms in total. The number of hydrogen-bond acceptors (Lipinski definition) is 2. The van der Waals surface area contributed by atoms with Gasteiger partial charge in [-0.2, -0.15) is 0 Å². The molecule has 3 rings (SSSR count).